The molecule has 0 aromatic heterocycles. The van der Waals surface area contributed by atoms with Gasteiger partial charge in [-0.25, -0.2) is 0 Å². The number of allylic oxidation sites excluding steroid dienone is 1. The molecular weight excluding hydrogens is 366 g/mol. The Bertz CT molecular complexity index is 899. The highest BCUT2D eigenvalue weighted by Gasteiger charge is 2.55. The van der Waals surface area contributed by atoms with Crippen LogP contribution in [0.1, 0.15) is 24.0 Å². The summed E-state index contributed by atoms with van der Waals surface area (Å²) < 4.78 is 16.0. The van der Waals surface area contributed by atoms with Crippen molar-refractivity contribution in [2.75, 3.05) is 26.1 Å². The van der Waals surface area contributed by atoms with Gasteiger partial charge >= 0.3 is 5.97 Å². The number of carbonyl (C=O) groups excluding carboxylic acids is 1. The third-order valence-electron chi connectivity index (χ3n) is 6.09. The molecule has 2 atom stereocenters. The maximum Gasteiger partial charge on any atom is 0.313 e. The molecule has 2 unspecified atom stereocenters. The molecular formula is C24H27NO4. The third kappa shape index (κ3) is 3.82. The van der Waals surface area contributed by atoms with Crippen LogP contribution in [0.15, 0.2) is 54.6 Å². The number of methoxy groups -OCH3 is 2. The molecule has 2 fully saturated rings. The number of fused-ring (bicyclic) bond motifs is 1. The van der Waals surface area contributed by atoms with Crippen LogP contribution in [0.25, 0.3) is 0 Å². The van der Waals surface area contributed by atoms with Crippen molar-refractivity contribution in [1.29, 1.82) is 0 Å². The molecule has 1 saturated heterocycles. The highest BCUT2D eigenvalue weighted by Crippen LogP contribution is 2.52. The van der Waals surface area contributed by atoms with E-state index in [0.717, 1.165) is 41.2 Å². The van der Waals surface area contributed by atoms with E-state index in [-0.39, 0.29) is 11.9 Å². The molecule has 0 amide bonds. The number of cyclic esters (lactones) is 1. The van der Waals surface area contributed by atoms with Crippen molar-refractivity contribution in [2.24, 2.45) is 11.3 Å². The number of hydrogen-bond acceptors (Lipinski definition) is 5. The lowest BCUT2D eigenvalue weighted by atomic mass is 9.75. The van der Waals surface area contributed by atoms with Gasteiger partial charge in [0.2, 0.25) is 0 Å². The van der Waals surface area contributed by atoms with Crippen LogP contribution < -0.4 is 14.8 Å². The summed E-state index contributed by atoms with van der Waals surface area (Å²) in [5.41, 5.74) is 4.00. The fourth-order valence-electron chi connectivity index (χ4n) is 4.54. The topological polar surface area (TPSA) is 56.8 Å². The standard InChI is InChI=1S/C24H27NO4/c1-16-8-19-15-29-23(26)24(19,12-16)13-17-4-6-20(7-5-17)25-14-18-9-21(27-2)11-22(10-18)28-3/h4-7,9-11,19,25H,1,8,12-15H2,2-3H3. The van der Waals surface area contributed by atoms with Crippen LogP contribution in [0.2, 0.25) is 0 Å². The van der Waals surface area contributed by atoms with Crippen LogP contribution in [0.3, 0.4) is 0 Å². The molecule has 0 radical (unpaired) electrons. The SMILES string of the molecule is C=C1CC2COC(=O)C2(Cc2ccc(NCc3cc(OC)cc(OC)c3)cc2)C1. The summed E-state index contributed by atoms with van der Waals surface area (Å²) in [6.45, 7) is 5.30. The van der Waals surface area contributed by atoms with Crippen molar-refractivity contribution in [3.63, 3.8) is 0 Å². The summed E-state index contributed by atoms with van der Waals surface area (Å²) in [7, 11) is 3.29. The van der Waals surface area contributed by atoms with E-state index in [1.165, 1.54) is 5.57 Å². The molecule has 2 aromatic rings. The number of anilines is 1. The molecule has 1 aliphatic carbocycles. The number of nitrogens with one attached hydrogen (secondary N) is 1. The van der Waals surface area contributed by atoms with E-state index in [2.05, 4.69) is 36.2 Å². The average Bonchev–Trinajstić information content (AvgIpc) is 3.21. The second-order valence-electron chi connectivity index (χ2n) is 8.03. The lowest BCUT2D eigenvalue weighted by molar-refractivity contribution is -0.146. The van der Waals surface area contributed by atoms with Crippen molar-refractivity contribution < 1.29 is 19.0 Å². The molecule has 5 nitrogen and oxygen atoms in total. The van der Waals surface area contributed by atoms with E-state index in [4.69, 9.17) is 14.2 Å². The monoisotopic (exact) mass is 393 g/mol. The van der Waals surface area contributed by atoms with Gasteiger partial charge in [0.05, 0.1) is 26.2 Å². The van der Waals surface area contributed by atoms with Crippen LogP contribution in [0.4, 0.5) is 5.69 Å². The summed E-state index contributed by atoms with van der Waals surface area (Å²) in [5, 5.41) is 3.43. The molecule has 1 heterocycles. The van der Waals surface area contributed by atoms with Crippen LogP contribution in [0.5, 0.6) is 11.5 Å². The summed E-state index contributed by atoms with van der Waals surface area (Å²) in [6.07, 6.45) is 2.35. The van der Waals surface area contributed by atoms with Crippen LogP contribution in [-0.2, 0) is 22.5 Å². The quantitative estimate of drug-likeness (QED) is 0.559. The van der Waals surface area contributed by atoms with Gasteiger partial charge in [0.1, 0.15) is 11.5 Å². The number of carbonyl (C=O) groups is 1. The first-order valence-electron chi connectivity index (χ1n) is 9.91. The van der Waals surface area contributed by atoms with Gasteiger partial charge in [-0.1, -0.05) is 24.3 Å². The second kappa shape index (κ2) is 7.82. The minimum atomic E-state index is -0.414. The zero-order valence-corrected chi connectivity index (χ0v) is 17.0. The Morgan fingerprint density at radius 3 is 2.45 bits per heavy atom. The number of hydrogen-bond donors (Lipinski definition) is 1. The van der Waals surface area contributed by atoms with Gasteiger partial charge in [-0.3, -0.25) is 4.79 Å². The molecule has 2 aliphatic rings. The molecule has 1 saturated carbocycles. The van der Waals surface area contributed by atoms with E-state index < -0.39 is 5.41 Å². The molecule has 1 aliphatic heterocycles. The Hall–Kier alpha value is -2.95. The Morgan fingerprint density at radius 1 is 1.10 bits per heavy atom. The number of esters is 1. The highest BCUT2D eigenvalue weighted by atomic mass is 16.5. The molecule has 0 bridgehead atoms. The van der Waals surface area contributed by atoms with Crippen molar-refractivity contribution in [3.8, 4) is 11.5 Å². The van der Waals surface area contributed by atoms with Gasteiger partial charge < -0.3 is 19.5 Å². The molecule has 4 rings (SSSR count). The van der Waals surface area contributed by atoms with E-state index in [0.29, 0.717) is 19.6 Å². The minimum absolute atomic E-state index is 0.0599. The van der Waals surface area contributed by atoms with E-state index in [1.807, 2.05) is 18.2 Å². The summed E-state index contributed by atoms with van der Waals surface area (Å²) >= 11 is 0. The predicted molar refractivity (Wildman–Crippen MR) is 112 cm³/mol. The molecule has 5 heteroatoms. The highest BCUT2D eigenvalue weighted by molar-refractivity contribution is 5.81. The van der Waals surface area contributed by atoms with Crippen LogP contribution in [0, 0.1) is 11.3 Å². The van der Waals surface area contributed by atoms with Crippen molar-refractivity contribution in [2.45, 2.75) is 25.8 Å². The van der Waals surface area contributed by atoms with Gasteiger partial charge in [0, 0.05) is 24.2 Å². The van der Waals surface area contributed by atoms with Crippen molar-refractivity contribution in [3.05, 3.63) is 65.7 Å². The lowest BCUT2D eigenvalue weighted by Crippen LogP contribution is -2.31. The van der Waals surface area contributed by atoms with Gasteiger partial charge in [-0.15, -0.1) is 0 Å². The zero-order valence-electron chi connectivity index (χ0n) is 17.0. The third-order valence-corrected chi connectivity index (χ3v) is 6.09. The van der Waals surface area contributed by atoms with Gasteiger partial charge in [0.15, 0.2) is 0 Å². The Morgan fingerprint density at radius 2 is 1.79 bits per heavy atom. The lowest BCUT2D eigenvalue weighted by Gasteiger charge is -2.24. The Kier molecular flexibility index (Phi) is 5.22. The smallest absolute Gasteiger partial charge is 0.313 e. The normalized spacial score (nSPS) is 22.9. The van der Waals surface area contributed by atoms with Gasteiger partial charge in [0.25, 0.3) is 0 Å². The van der Waals surface area contributed by atoms with Crippen molar-refractivity contribution >= 4 is 11.7 Å². The molecule has 29 heavy (non-hydrogen) atoms. The summed E-state index contributed by atoms with van der Waals surface area (Å²) in [6, 6.07) is 14.1. The first-order chi connectivity index (χ1) is 14.0. The van der Waals surface area contributed by atoms with E-state index in [9.17, 15) is 4.79 Å². The second-order valence-corrected chi connectivity index (χ2v) is 8.03. The first kappa shape index (κ1) is 19.4. The largest absolute Gasteiger partial charge is 0.497 e. The maximum atomic E-state index is 12.5. The molecule has 0 spiro atoms. The number of benzene rings is 2. The van der Waals surface area contributed by atoms with Crippen LogP contribution in [-0.4, -0.2) is 26.8 Å². The number of rotatable bonds is 7. The van der Waals surface area contributed by atoms with Gasteiger partial charge in [-0.05, 0) is 54.7 Å². The fourth-order valence-corrected chi connectivity index (χ4v) is 4.54. The summed E-state index contributed by atoms with van der Waals surface area (Å²) in [4.78, 5) is 12.5. The predicted octanol–water partition coefficient (Wildman–Crippen LogP) is 4.37. The minimum Gasteiger partial charge on any atom is -0.497 e. The molecule has 2 aromatic carbocycles. The van der Waals surface area contributed by atoms with Crippen molar-refractivity contribution in [1.82, 2.24) is 0 Å². The number of ether oxygens (including phenoxy) is 3. The molecule has 1 N–H and O–H groups in total. The van der Waals surface area contributed by atoms with Gasteiger partial charge in [-0.2, -0.15) is 0 Å². The van der Waals surface area contributed by atoms with E-state index >= 15 is 0 Å². The van der Waals surface area contributed by atoms with Crippen LogP contribution >= 0.6 is 0 Å². The van der Waals surface area contributed by atoms with E-state index in [1.54, 1.807) is 14.2 Å². The molecule has 152 valence electrons. The first-order valence-corrected chi connectivity index (χ1v) is 9.91. The maximum absolute atomic E-state index is 12.5. The average molecular weight is 393 g/mol. The summed E-state index contributed by atoms with van der Waals surface area (Å²) in [5.74, 6) is 1.75. The Balaban J connectivity index is 1.42. The zero-order chi connectivity index (χ0) is 20.4. The fraction of sp³-hybridized carbons (Fsp3) is 0.375. The Labute approximate surface area is 171 Å².